The molecule has 1 aliphatic rings. The summed E-state index contributed by atoms with van der Waals surface area (Å²) in [7, 11) is -3.79. The standard InChI is InChI=1S/C16H15BrN2O4S/c1-11(20)19-8-9-23-16-7-6-12(10-15(16)19)24(21,22)18-14-5-3-2-4-13(14)17/h2-7,10,18H,8-9H2,1H3. The highest BCUT2D eigenvalue weighted by Crippen LogP contribution is 2.34. The number of carbonyl (C=O) groups is 1. The molecule has 0 bridgehead atoms. The molecule has 0 unspecified atom stereocenters. The lowest BCUT2D eigenvalue weighted by Crippen LogP contribution is -2.36. The number of rotatable bonds is 3. The lowest BCUT2D eigenvalue weighted by atomic mass is 10.2. The average molecular weight is 411 g/mol. The Labute approximate surface area is 148 Å². The molecule has 0 aliphatic carbocycles. The number of hydrogen-bond acceptors (Lipinski definition) is 4. The van der Waals surface area contributed by atoms with Crippen molar-refractivity contribution in [3.63, 3.8) is 0 Å². The average Bonchev–Trinajstić information content (AvgIpc) is 2.55. The monoisotopic (exact) mass is 410 g/mol. The van der Waals surface area contributed by atoms with Crippen molar-refractivity contribution < 1.29 is 17.9 Å². The van der Waals surface area contributed by atoms with Crippen molar-refractivity contribution in [3.8, 4) is 5.75 Å². The highest BCUT2D eigenvalue weighted by molar-refractivity contribution is 9.10. The Morgan fingerprint density at radius 1 is 1.25 bits per heavy atom. The first-order chi connectivity index (χ1) is 11.4. The largest absolute Gasteiger partial charge is 0.490 e. The maximum atomic E-state index is 12.6. The molecule has 1 aliphatic heterocycles. The van der Waals surface area contributed by atoms with Gasteiger partial charge >= 0.3 is 0 Å². The Kier molecular flexibility index (Phi) is 4.51. The van der Waals surface area contributed by atoms with Crippen LogP contribution in [0.4, 0.5) is 11.4 Å². The number of benzene rings is 2. The molecule has 1 heterocycles. The van der Waals surface area contributed by atoms with Crippen molar-refractivity contribution in [2.24, 2.45) is 0 Å². The molecule has 6 nitrogen and oxygen atoms in total. The number of anilines is 2. The third-order valence-corrected chi connectivity index (χ3v) is 5.66. The smallest absolute Gasteiger partial charge is 0.262 e. The number of sulfonamides is 1. The Hall–Kier alpha value is -2.06. The van der Waals surface area contributed by atoms with Crippen LogP contribution in [-0.2, 0) is 14.8 Å². The van der Waals surface area contributed by atoms with Gasteiger partial charge in [0.15, 0.2) is 0 Å². The lowest BCUT2D eigenvalue weighted by molar-refractivity contribution is -0.116. The van der Waals surface area contributed by atoms with Gasteiger partial charge in [-0.3, -0.25) is 9.52 Å². The molecule has 24 heavy (non-hydrogen) atoms. The van der Waals surface area contributed by atoms with Gasteiger partial charge in [-0.15, -0.1) is 0 Å². The molecule has 2 aromatic rings. The molecule has 8 heteroatoms. The number of nitrogens with zero attached hydrogens (tertiary/aromatic N) is 1. The van der Waals surface area contributed by atoms with Crippen LogP contribution in [0, 0.1) is 0 Å². The van der Waals surface area contributed by atoms with E-state index in [2.05, 4.69) is 20.7 Å². The van der Waals surface area contributed by atoms with Crippen molar-refractivity contribution in [2.75, 3.05) is 22.8 Å². The topological polar surface area (TPSA) is 75.7 Å². The Morgan fingerprint density at radius 2 is 2.00 bits per heavy atom. The number of halogens is 1. The van der Waals surface area contributed by atoms with E-state index >= 15 is 0 Å². The summed E-state index contributed by atoms with van der Waals surface area (Å²) >= 11 is 3.31. The van der Waals surface area contributed by atoms with Gasteiger partial charge in [0, 0.05) is 11.4 Å². The van der Waals surface area contributed by atoms with Crippen LogP contribution in [0.5, 0.6) is 5.75 Å². The van der Waals surface area contributed by atoms with Gasteiger partial charge in [-0.2, -0.15) is 0 Å². The van der Waals surface area contributed by atoms with Gasteiger partial charge < -0.3 is 9.64 Å². The Balaban J connectivity index is 1.99. The molecule has 3 rings (SSSR count). The van der Waals surface area contributed by atoms with Crippen LogP contribution in [0.25, 0.3) is 0 Å². The van der Waals surface area contributed by atoms with Crippen LogP contribution < -0.4 is 14.4 Å². The van der Waals surface area contributed by atoms with Gasteiger partial charge in [-0.1, -0.05) is 12.1 Å². The Bertz CT molecular complexity index is 899. The van der Waals surface area contributed by atoms with Crippen LogP contribution in [-0.4, -0.2) is 27.5 Å². The Morgan fingerprint density at radius 3 is 2.71 bits per heavy atom. The highest BCUT2D eigenvalue weighted by Gasteiger charge is 2.24. The number of nitrogens with one attached hydrogen (secondary N) is 1. The van der Waals surface area contributed by atoms with Gasteiger partial charge in [0.05, 0.1) is 22.8 Å². The van der Waals surface area contributed by atoms with Crippen LogP contribution in [0.1, 0.15) is 6.92 Å². The van der Waals surface area contributed by atoms with Crippen LogP contribution in [0.15, 0.2) is 51.8 Å². The fourth-order valence-electron chi connectivity index (χ4n) is 2.44. The first-order valence-electron chi connectivity index (χ1n) is 7.21. The highest BCUT2D eigenvalue weighted by atomic mass is 79.9. The second kappa shape index (κ2) is 6.45. The van der Waals surface area contributed by atoms with E-state index in [0.29, 0.717) is 34.7 Å². The fourth-order valence-corrected chi connectivity index (χ4v) is 4.05. The van der Waals surface area contributed by atoms with Crippen molar-refractivity contribution in [3.05, 3.63) is 46.9 Å². The molecule has 0 aromatic heterocycles. The number of carbonyl (C=O) groups excluding carboxylic acids is 1. The maximum absolute atomic E-state index is 12.6. The maximum Gasteiger partial charge on any atom is 0.262 e. The fraction of sp³-hybridized carbons (Fsp3) is 0.188. The van der Waals surface area contributed by atoms with Crippen molar-refractivity contribution in [2.45, 2.75) is 11.8 Å². The quantitative estimate of drug-likeness (QED) is 0.843. The molecule has 0 fully saturated rings. The van der Waals surface area contributed by atoms with E-state index in [0.717, 1.165) is 0 Å². The number of ether oxygens (including phenoxy) is 1. The van der Waals surface area contributed by atoms with Gasteiger partial charge in [0.1, 0.15) is 12.4 Å². The second-order valence-electron chi connectivity index (χ2n) is 5.23. The third kappa shape index (κ3) is 3.25. The summed E-state index contributed by atoms with van der Waals surface area (Å²) in [5, 5.41) is 0. The minimum absolute atomic E-state index is 0.0637. The predicted octanol–water partition coefficient (Wildman–Crippen LogP) is 3.00. The molecule has 0 radical (unpaired) electrons. The van der Waals surface area contributed by atoms with E-state index in [1.807, 2.05) is 0 Å². The second-order valence-corrected chi connectivity index (χ2v) is 7.77. The summed E-state index contributed by atoms with van der Waals surface area (Å²) in [4.78, 5) is 13.3. The summed E-state index contributed by atoms with van der Waals surface area (Å²) in [6.45, 7) is 2.22. The van der Waals surface area contributed by atoms with E-state index in [-0.39, 0.29) is 10.8 Å². The van der Waals surface area contributed by atoms with Crippen LogP contribution in [0.2, 0.25) is 0 Å². The molecular formula is C16H15BrN2O4S. The molecular weight excluding hydrogens is 396 g/mol. The minimum Gasteiger partial charge on any atom is -0.490 e. The van der Waals surface area contributed by atoms with Gasteiger partial charge in [-0.05, 0) is 46.3 Å². The summed E-state index contributed by atoms with van der Waals surface area (Å²) in [5.74, 6) is 0.337. The van der Waals surface area contributed by atoms with Gasteiger partial charge in [0.25, 0.3) is 10.0 Å². The van der Waals surface area contributed by atoms with Crippen molar-refractivity contribution in [1.29, 1.82) is 0 Å². The summed E-state index contributed by atoms with van der Waals surface area (Å²) in [5.41, 5.74) is 0.902. The molecule has 2 aromatic carbocycles. The first-order valence-corrected chi connectivity index (χ1v) is 9.48. The van der Waals surface area contributed by atoms with E-state index in [1.54, 1.807) is 30.3 Å². The van der Waals surface area contributed by atoms with Crippen molar-refractivity contribution >= 4 is 43.2 Å². The van der Waals surface area contributed by atoms with Gasteiger partial charge in [-0.25, -0.2) is 8.42 Å². The molecule has 0 atom stereocenters. The summed E-state index contributed by atoms with van der Waals surface area (Å²) < 4.78 is 33.9. The van der Waals surface area contributed by atoms with E-state index in [1.165, 1.54) is 24.0 Å². The minimum atomic E-state index is -3.79. The lowest BCUT2D eigenvalue weighted by Gasteiger charge is -2.29. The van der Waals surface area contributed by atoms with E-state index in [9.17, 15) is 13.2 Å². The zero-order valence-electron chi connectivity index (χ0n) is 12.8. The summed E-state index contributed by atoms with van der Waals surface area (Å²) in [6.07, 6.45) is 0. The molecule has 0 saturated carbocycles. The van der Waals surface area contributed by atoms with Gasteiger partial charge in [0.2, 0.25) is 5.91 Å². The SMILES string of the molecule is CC(=O)N1CCOc2ccc(S(=O)(=O)Nc3ccccc3Br)cc21. The van der Waals surface area contributed by atoms with Crippen LogP contribution >= 0.6 is 15.9 Å². The third-order valence-electron chi connectivity index (χ3n) is 3.60. The zero-order valence-corrected chi connectivity index (χ0v) is 15.2. The number of amides is 1. The molecule has 0 saturated heterocycles. The zero-order chi connectivity index (χ0) is 17.3. The van der Waals surface area contributed by atoms with Crippen LogP contribution in [0.3, 0.4) is 0 Å². The molecule has 1 N–H and O–H groups in total. The molecule has 1 amide bonds. The number of hydrogen-bond donors (Lipinski definition) is 1. The van der Waals surface area contributed by atoms with E-state index < -0.39 is 10.0 Å². The predicted molar refractivity (Wildman–Crippen MR) is 94.9 cm³/mol. The number of fused-ring (bicyclic) bond motifs is 1. The van der Waals surface area contributed by atoms with E-state index in [4.69, 9.17) is 4.74 Å². The molecule has 126 valence electrons. The normalized spacial score (nSPS) is 13.8. The molecule has 0 spiro atoms. The number of para-hydroxylation sites is 1. The first kappa shape index (κ1) is 16.8. The summed E-state index contributed by atoms with van der Waals surface area (Å²) in [6, 6.07) is 11.4. The van der Waals surface area contributed by atoms with Crippen molar-refractivity contribution in [1.82, 2.24) is 0 Å².